The van der Waals surface area contributed by atoms with Gasteiger partial charge in [-0.05, 0) is 63.2 Å². The van der Waals surface area contributed by atoms with Crippen LogP contribution < -0.4 is 20.7 Å². The normalized spacial score (nSPS) is 11.1. The number of fused-ring (bicyclic) bond motifs is 1. The van der Waals surface area contributed by atoms with Crippen molar-refractivity contribution in [2.45, 2.75) is 20.8 Å². The molecule has 0 aliphatic rings. The molecule has 2 aromatic carbocycles. The summed E-state index contributed by atoms with van der Waals surface area (Å²) in [4.78, 5) is 37.2. The highest BCUT2D eigenvalue weighted by molar-refractivity contribution is 7.15. The summed E-state index contributed by atoms with van der Waals surface area (Å²) in [5.74, 6) is 1.08. The van der Waals surface area contributed by atoms with Gasteiger partial charge in [-0.15, -0.1) is 11.3 Å². The Hall–Kier alpha value is -4.64. The Morgan fingerprint density at radius 1 is 1.03 bits per heavy atom. The van der Waals surface area contributed by atoms with Crippen molar-refractivity contribution in [2.24, 2.45) is 0 Å². The van der Waals surface area contributed by atoms with E-state index in [1.54, 1.807) is 49.4 Å². The van der Waals surface area contributed by atoms with Crippen LogP contribution in [0.2, 0.25) is 0 Å². The maximum atomic E-state index is 12.2. The lowest BCUT2D eigenvalue weighted by molar-refractivity contribution is -0.115. The SMILES string of the molecule is C=CO/C(=C\C)C(=O)Nc1nc2ccc(Oc3ccc(NC(=O)Nc4nc(C)c(C)s4)cc3)cc2[nH]1. The number of amides is 3. The van der Waals surface area contributed by atoms with Crippen LogP contribution in [0.1, 0.15) is 17.5 Å². The van der Waals surface area contributed by atoms with Gasteiger partial charge in [0.2, 0.25) is 5.95 Å². The maximum absolute atomic E-state index is 12.2. The van der Waals surface area contributed by atoms with Crippen molar-refractivity contribution in [1.82, 2.24) is 15.0 Å². The van der Waals surface area contributed by atoms with Crippen LogP contribution >= 0.6 is 11.3 Å². The number of allylic oxidation sites excluding steroid dienone is 1. The fourth-order valence-corrected chi connectivity index (χ4v) is 3.96. The number of nitrogens with zero attached hydrogens (tertiary/aromatic N) is 2. The lowest BCUT2D eigenvalue weighted by atomic mass is 10.3. The van der Waals surface area contributed by atoms with Crippen LogP contribution in [-0.2, 0) is 9.53 Å². The number of urea groups is 1. The molecule has 0 bridgehead atoms. The first kappa shape index (κ1) is 24.5. The summed E-state index contributed by atoms with van der Waals surface area (Å²) < 4.78 is 11.0. The molecule has 0 spiro atoms. The van der Waals surface area contributed by atoms with Crippen molar-refractivity contribution in [2.75, 3.05) is 16.0 Å². The van der Waals surface area contributed by atoms with Crippen LogP contribution in [0.25, 0.3) is 11.0 Å². The molecule has 4 aromatic rings. The molecule has 2 heterocycles. The highest BCUT2D eigenvalue weighted by atomic mass is 32.1. The number of carbonyl (C=O) groups excluding carboxylic acids is 2. The minimum atomic E-state index is -0.452. The summed E-state index contributed by atoms with van der Waals surface area (Å²) in [7, 11) is 0. The van der Waals surface area contributed by atoms with Gasteiger partial charge in [0.05, 0.1) is 23.0 Å². The van der Waals surface area contributed by atoms with Crippen LogP contribution in [0, 0.1) is 13.8 Å². The number of hydrogen-bond acceptors (Lipinski definition) is 7. The van der Waals surface area contributed by atoms with Crippen molar-refractivity contribution in [1.29, 1.82) is 0 Å². The number of thiazole rings is 1. The standard InChI is InChI=1S/C25H24N6O4S/c1-5-21(34-6-2)22(32)30-23-28-19-12-11-18(13-20(19)29-23)35-17-9-7-16(8-10-17)27-24(33)31-25-26-14(3)15(4)36-25/h5-13H,2H2,1,3-4H3,(H2,26,27,31,33)(H2,28,29,30,32)/b21-5-. The van der Waals surface area contributed by atoms with Gasteiger partial charge < -0.3 is 19.8 Å². The minimum Gasteiger partial charge on any atom is -0.460 e. The van der Waals surface area contributed by atoms with Gasteiger partial charge in [-0.1, -0.05) is 6.58 Å². The van der Waals surface area contributed by atoms with Crippen molar-refractivity contribution in [3.8, 4) is 11.5 Å². The van der Waals surface area contributed by atoms with Gasteiger partial charge in [0.15, 0.2) is 10.9 Å². The molecular weight excluding hydrogens is 480 g/mol. The Labute approximate surface area is 211 Å². The summed E-state index contributed by atoms with van der Waals surface area (Å²) in [6, 6.07) is 11.9. The number of anilines is 3. The highest BCUT2D eigenvalue weighted by Crippen LogP contribution is 2.27. The highest BCUT2D eigenvalue weighted by Gasteiger charge is 2.13. The number of aromatic nitrogens is 3. The molecule has 2 aromatic heterocycles. The number of rotatable bonds is 8. The number of ether oxygens (including phenoxy) is 2. The van der Waals surface area contributed by atoms with E-state index < -0.39 is 5.91 Å². The molecule has 0 saturated heterocycles. The molecule has 4 N–H and O–H groups in total. The van der Waals surface area contributed by atoms with Crippen molar-refractivity contribution < 1.29 is 19.1 Å². The molecule has 36 heavy (non-hydrogen) atoms. The third-order valence-electron chi connectivity index (χ3n) is 4.98. The molecule has 0 radical (unpaired) electrons. The van der Waals surface area contributed by atoms with Gasteiger partial charge in [-0.2, -0.15) is 0 Å². The largest absolute Gasteiger partial charge is 0.460 e. The zero-order valence-electron chi connectivity index (χ0n) is 19.8. The predicted octanol–water partition coefficient (Wildman–Crippen LogP) is 6.07. The Morgan fingerprint density at radius 2 is 1.78 bits per heavy atom. The number of aryl methyl sites for hydroxylation is 2. The maximum Gasteiger partial charge on any atom is 0.325 e. The minimum absolute atomic E-state index is 0.110. The van der Waals surface area contributed by atoms with E-state index in [2.05, 4.69) is 37.5 Å². The van der Waals surface area contributed by atoms with E-state index in [-0.39, 0.29) is 17.7 Å². The van der Waals surface area contributed by atoms with Crippen molar-refractivity contribution >= 4 is 51.1 Å². The van der Waals surface area contributed by atoms with Gasteiger partial charge in [0, 0.05) is 16.6 Å². The number of imidazole rings is 1. The molecular formula is C25H24N6O4S. The summed E-state index contributed by atoms with van der Waals surface area (Å²) in [5, 5.41) is 8.69. The molecule has 0 aliphatic heterocycles. The summed E-state index contributed by atoms with van der Waals surface area (Å²) in [6.07, 6.45) is 2.71. The molecule has 0 saturated carbocycles. The van der Waals surface area contributed by atoms with E-state index in [1.807, 2.05) is 13.8 Å². The van der Waals surface area contributed by atoms with Gasteiger partial charge in [-0.25, -0.2) is 14.8 Å². The third kappa shape index (κ3) is 5.88. The monoisotopic (exact) mass is 504 g/mol. The Morgan fingerprint density at radius 3 is 2.44 bits per heavy atom. The lowest BCUT2D eigenvalue weighted by Crippen LogP contribution is -2.19. The second-order valence-electron chi connectivity index (χ2n) is 7.52. The van der Waals surface area contributed by atoms with E-state index in [0.717, 1.165) is 10.6 Å². The molecule has 0 aliphatic carbocycles. The number of aromatic amines is 1. The zero-order chi connectivity index (χ0) is 25.7. The van der Waals surface area contributed by atoms with Gasteiger partial charge in [0.25, 0.3) is 5.91 Å². The van der Waals surface area contributed by atoms with Crippen LogP contribution in [0.15, 0.2) is 67.1 Å². The molecule has 0 atom stereocenters. The second kappa shape index (κ2) is 10.7. The van der Waals surface area contributed by atoms with Crippen LogP contribution in [0.4, 0.5) is 21.6 Å². The summed E-state index contributed by atoms with van der Waals surface area (Å²) in [5.41, 5.74) is 2.83. The van der Waals surface area contributed by atoms with E-state index in [1.165, 1.54) is 23.7 Å². The summed E-state index contributed by atoms with van der Waals surface area (Å²) >= 11 is 1.42. The fourth-order valence-electron chi connectivity index (χ4n) is 3.15. The van der Waals surface area contributed by atoms with E-state index in [9.17, 15) is 9.59 Å². The third-order valence-corrected chi connectivity index (χ3v) is 5.97. The number of H-pyrrole nitrogens is 1. The van der Waals surface area contributed by atoms with Crippen LogP contribution in [0.5, 0.6) is 11.5 Å². The second-order valence-corrected chi connectivity index (χ2v) is 8.73. The van der Waals surface area contributed by atoms with Gasteiger partial charge in [0.1, 0.15) is 11.5 Å². The van der Waals surface area contributed by atoms with E-state index >= 15 is 0 Å². The zero-order valence-corrected chi connectivity index (χ0v) is 20.7. The molecule has 11 heteroatoms. The van der Waals surface area contributed by atoms with Crippen LogP contribution in [0.3, 0.4) is 0 Å². The lowest BCUT2D eigenvalue weighted by Gasteiger charge is -2.08. The molecule has 4 rings (SSSR count). The predicted molar refractivity (Wildman–Crippen MR) is 141 cm³/mol. The Balaban J connectivity index is 1.37. The smallest absolute Gasteiger partial charge is 0.325 e. The first-order valence-corrected chi connectivity index (χ1v) is 11.7. The molecule has 0 unspecified atom stereocenters. The quantitative estimate of drug-likeness (QED) is 0.170. The fraction of sp³-hybridized carbons (Fsp3) is 0.120. The molecule has 184 valence electrons. The number of hydrogen-bond donors (Lipinski definition) is 4. The van der Waals surface area contributed by atoms with E-state index in [4.69, 9.17) is 9.47 Å². The first-order valence-electron chi connectivity index (χ1n) is 10.9. The topological polar surface area (TPSA) is 130 Å². The average molecular weight is 505 g/mol. The Bertz CT molecular complexity index is 1440. The summed E-state index contributed by atoms with van der Waals surface area (Å²) in [6.45, 7) is 8.98. The molecule has 3 amide bonds. The number of nitrogens with one attached hydrogen (secondary N) is 4. The van der Waals surface area contributed by atoms with Crippen LogP contribution in [-0.4, -0.2) is 26.9 Å². The number of carbonyl (C=O) groups is 2. The molecule has 0 fully saturated rings. The molecule has 10 nitrogen and oxygen atoms in total. The average Bonchev–Trinajstić information content (AvgIpc) is 3.39. The van der Waals surface area contributed by atoms with E-state index in [0.29, 0.717) is 33.4 Å². The van der Waals surface area contributed by atoms with Crippen molar-refractivity contribution in [3.05, 3.63) is 77.7 Å². The Kier molecular flexibility index (Phi) is 7.31. The van der Waals surface area contributed by atoms with Crippen molar-refractivity contribution in [3.63, 3.8) is 0 Å². The van der Waals surface area contributed by atoms with Gasteiger partial charge in [-0.3, -0.25) is 15.4 Å². The first-order chi connectivity index (χ1) is 17.3. The number of benzene rings is 2. The van der Waals surface area contributed by atoms with Gasteiger partial charge >= 0.3 is 6.03 Å².